The minimum Gasteiger partial charge on any atom is -0.445 e. The van der Waals surface area contributed by atoms with Gasteiger partial charge in [-0.1, -0.05) is 37.3 Å². The fourth-order valence-electron chi connectivity index (χ4n) is 3.04. The molecular weight excluding hydrogens is 386 g/mol. The molecule has 0 aliphatic carbocycles. The molecule has 7 nitrogen and oxygen atoms in total. The molecule has 30 heavy (non-hydrogen) atoms. The molecule has 0 saturated heterocycles. The smallest absolute Gasteiger partial charge is 0.407 e. The summed E-state index contributed by atoms with van der Waals surface area (Å²) in [6.45, 7) is 3.95. The minimum absolute atomic E-state index is 0.0336. The first-order chi connectivity index (χ1) is 14.5. The van der Waals surface area contributed by atoms with Crippen LogP contribution in [0.3, 0.4) is 0 Å². The van der Waals surface area contributed by atoms with Crippen LogP contribution in [-0.4, -0.2) is 18.6 Å². The van der Waals surface area contributed by atoms with Crippen molar-refractivity contribution in [3.05, 3.63) is 75.6 Å². The van der Waals surface area contributed by atoms with Gasteiger partial charge in [-0.05, 0) is 42.2 Å². The Morgan fingerprint density at radius 1 is 1.10 bits per heavy atom. The quantitative estimate of drug-likeness (QED) is 0.361. The summed E-state index contributed by atoms with van der Waals surface area (Å²) in [6, 6.07) is 14.2. The lowest BCUT2D eigenvalue weighted by Crippen LogP contribution is -2.27. The number of aryl methyl sites for hydroxylation is 2. The Morgan fingerprint density at radius 2 is 1.87 bits per heavy atom. The van der Waals surface area contributed by atoms with E-state index in [4.69, 9.17) is 13.9 Å². The highest BCUT2D eigenvalue weighted by Gasteiger charge is 2.15. The fourth-order valence-corrected chi connectivity index (χ4v) is 3.04. The van der Waals surface area contributed by atoms with Crippen LogP contribution in [0, 0.1) is 6.92 Å². The van der Waals surface area contributed by atoms with E-state index in [9.17, 15) is 14.4 Å². The highest BCUT2D eigenvalue weighted by molar-refractivity contribution is 5.90. The van der Waals surface area contributed by atoms with Crippen LogP contribution in [0.5, 0.6) is 5.75 Å². The fraction of sp³-hybridized carbons (Fsp3) is 0.261. The van der Waals surface area contributed by atoms with Crippen molar-refractivity contribution in [2.45, 2.75) is 33.3 Å². The van der Waals surface area contributed by atoms with Gasteiger partial charge in [0.1, 0.15) is 17.9 Å². The number of amides is 1. The molecule has 1 N–H and O–H groups in total. The summed E-state index contributed by atoms with van der Waals surface area (Å²) in [4.78, 5) is 35.8. The number of nitrogens with one attached hydrogen (secondary N) is 1. The van der Waals surface area contributed by atoms with Crippen molar-refractivity contribution in [2.24, 2.45) is 0 Å². The van der Waals surface area contributed by atoms with Crippen LogP contribution in [0.1, 0.15) is 30.0 Å². The predicted octanol–water partition coefficient (Wildman–Crippen LogP) is 3.89. The van der Waals surface area contributed by atoms with E-state index in [1.165, 1.54) is 6.07 Å². The van der Waals surface area contributed by atoms with E-state index in [1.807, 2.05) is 44.2 Å². The van der Waals surface area contributed by atoms with Crippen molar-refractivity contribution in [1.29, 1.82) is 0 Å². The molecule has 1 heterocycles. The van der Waals surface area contributed by atoms with E-state index in [0.29, 0.717) is 23.1 Å². The average Bonchev–Trinajstić information content (AvgIpc) is 2.71. The van der Waals surface area contributed by atoms with E-state index in [1.54, 1.807) is 12.1 Å². The SMILES string of the molecule is CCc1cc(=O)oc2cc(C)cc(OC(=O)CCNC(=O)OCc3ccccc3)c12. The van der Waals surface area contributed by atoms with Gasteiger partial charge in [-0.2, -0.15) is 0 Å². The van der Waals surface area contributed by atoms with Crippen molar-refractivity contribution >= 4 is 23.0 Å². The average molecular weight is 409 g/mol. The number of alkyl carbamates (subject to hydrolysis) is 1. The molecule has 0 saturated carbocycles. The van der Waals surface area contributed by atoms with Gasteiger partial charge in [0.15, 0.2) is 0 Å². The molecule has 1 amide bonds. The zero-order valence-electron chi connectivity index (χ0n) is 16.9. The first-order valence-electron chi connectivity index (χ1n) is 9.69. The number of carbonyl (C=O) groups is 2. The molecule has 0 aliphatic rings. The summed E-state index contributed by atoms with van der Waals surface area (Å²) >= 11 is 0. The molecule has 0 fully saturated rings. The summed E-state index contributed by atoms with van der Waals surface area (Å²) < 4.78 is 15.9. The number of benzene rings is 2. The summed E-state index contributed by atoms with van der Waals surface area (Å²) in [6.07, 6.45) is -0.0544. The van der Waals surface area contributed by atoms with Crippen LogP contribution in [0.15, 0.2) is 57.7 Å². The number of hydrogen-bond donors (Lipinski definition) is 1. The maximum absolute atomic E-state index is 12.3. The highest BCUT2D eigenvalue weighted by atomic mass is 16.5. The van der Waals surface area contributed by atoms with Gasteiger partial charge in [-0.25, -0.2) is 9.59 Å². The van der Waals surface area contributed by atoms with Gasteiger partial charge in [-0.15, -0.1) is 0 Å². The van der Waals surface area contributed by atoms with Crippen molar-refractivity contribution in [1.82, 2.24) is 5.32 Å². The van der Waals surface area contributed by atoms with Gasteiger partial charge >= 0.3 is 17.7 Å². The van der Waals surface area contributed by atoms with E-state index in [-0.39, 0.29) is 19.6 Å². The number of hydrogen-bond acceptors (Lipinski definition) is 6. The standard InChI is InChI=1S/C23H23NO6/c1-3-17-13-21(26)30-19-12-15(2)11-18(22(17)19)29-20(25)9-10-24-23(27)28-14-16-7-5-4-6-8-16/h4-8,11-13H,3,9-10,14H2,1-2H3,(H,24,27). The normalized spacial score (nSPS) is 10.6. The molecule has 7 heteroatoms. The van der Waals surface area contributed by atoms with Gasteiger partial charge < -0.3 is 19.2 Å². The van der Waals surface area contributed by atoms with Crippen LogP contribution in [0.2, 0.25) is 0 Å². The molecular formula is C23H23NO6. The second kappa shape index (κ2) is 9.73. The van der Waals surface area contributed by atoms with Crippen molar-refractivity contribution < 1.29 is 23.5 Å². The second-order valence-electron chi connectivity index (χ2n) is 6.79. The van der Waals surface area contributed by atoms with Crippen molar-refractivity contribution in [3.63, 3.8) is 0 Å². The lowest BCUT2D eigenvalue weighted by molar-refractivity contribution is -0.134. The summed E-state index contributed by atoms with van der Waals surface area (Å²) in [5.74, 6) is -0.180. The molecule has 0 atom stereocenters. The van der Waals surface area contributed by atoms with E-state index in [2.05, 4.69) is 5.32 Å². The Balaban J connectivity index is 1.58. The number of esters is 1. The summed E-state index contributed by atoms with van der Waals surface area (Å²) in [5.41, 5.74) is 2.35. The van der Waals surface area contributed by atoms with Crippen LogP contribution in [-0.2, 0) is 22.6 Å². The second-order valence-corrected chi connectivity index (χ2v) is 6.79. The molecule has 0 bridgehead atoms. The van der Waals surface area contributed by atoms with Gasteiger partial charge in [0.2, 0.25) is 0 Å². The van der Waals surface area contributed by atoms with Gasteiger partial charge in [0.05, 0.1) is 11.8 Å². The molecule has 0 radical (unpaired) electrons. The van der Waals surface area contributed by atoms with Crippen molar-refractivity contribution in [2.75, 3.05) is 6.54 Å². The largest absolute Gasteiger partial charge is 0.445 e. The van der Waals surface area contributed by atoms with Crippen LogP contribution in [0.4, 0.5) is 4.79 Å². The van der Waals surface area contributed by atoms with Crippen LogP contribution >= 0.6 is 0 Å². The zero-order valence-corrected chi connectivity index (χ0v) is 16.9. The third-order valence-corrected chi connectivity index (χ3v) is 4.45. The lowest BCUT2D eigenvalue weighted by Gasteiger charge is -2.11. The number of fused-ring (bicyclic) bond motifs is 1. The van der Waals surface area contributed by atoms with Crippen LogP contribution in [0.25, 0.3) is 11.0 Å². The first-order valence-corrected chi connectivity index (χ1v) is 9.69. The van der Waals surface area contributed by atoms with Gasteiger partial charge in [0.25, 0.3) is 0 Å². The van der Waals surface area contributed by atoms with E-state index < -0.39 is 17.7 Å². The Bertz CT molecular complexity index is 1100. The van der Waals surface area contributed by atoms with Gasteiger partial charge in [-0.3, -0.25) is 4.79 Å². The highest BCUT2D eigenvalue weighted by Crippen LogP contribution is 2.30. The molecule has 3 aromatic rings. The molecule has 156 valence electrons. The molecule has 1 aromatic heterocycles. The van der Waals surface area contributed by atoms with Gasteiger partial charge in [0, 0.05) is 12.6 Å². The van der Waals surface area contributed by atoms with Crippen molar-refractivity contribution in [3.8, 4) is 5.75 Å². The Hall–Kier alpha value is -3.61. The zero-order chi connectivity index (χ0) is 21.5. The Morgan fingerprint density at radius 3 is 2.60 bits per heavy atom. The van der Waals surface area contributed by atoms with E-state index in [0.717, 1.165) is 16.7 Å². The number of carbonyl (C=O) groups excluding carboxylic acids is 2. The number of ether oxygens (including phenoxy) is 2. The molecule has 2 aromatic carbocycles. The lowest BCUT2D eigenvalue weighted by atomic mass is 10.1. The Labute approximate surface area is 173 Å². The summed E-state index contributed by atoms with van der Waals surface area (Å²) in [7, 11) is 0. The minimum atomic E-state index is -0.609. The molecule has 0 aliphatic heterocycles. The molecule has 0 unspecified atom stereocenters. The van der Waals surface area contributed by atoms with Crippen LogP contribution < -0.4 is 15.7 Å². The monoisotopic (exact) mass is 409 g/mol. The third-order valence-electron chi connectivity index (χ3n) is 4.45. The maximum atomic E-state index is 12.3. The predicted molar refractivity (Wildman–Crippen MR) is 111 cm³/mol. The summed E-state index contributed by atoms with van der Waals surface area (Å²) in [5, 5.41) is 3.13. The molecule has 3 rings (SSSR count). The van der Waals surface area contributed by atoms with E-state index >= 15 is 0 Å². The maximum Gasteiger partial charge on any atom is 0.407 e. The topological polar surface area (TPSA) is 94.8 Å². The first kappa shape index (κ1) is 21.1. The Kier molecular flexibility index (Phi) is 6.85. The third kappa shape index (κ3) is 5.47. The number of rotatable bonds is 7. The molecule has 0 spiro atoms.